The number of rotatable bonds is 7. The molecule has 98 valence electrons. The molecular formula is C13H22O4. The Hall–Kier alpha value is -1.03. The molecule has 0 aliphatic heterocycles. The Balaban J connectivity index is 4.71. The zero-order valence-electron chi connectivity index (χ0n) is 11.2. The Morgan fingerprint density at radius 2 is 1.41 bits per heavy atom. The van der Waals surface area contributed by atoms with Crippen molar-refractivity contribution in [2.24, 2.45) is 17.8 Å². The summed E-state index contributed by atoms with van der Waals surface area (Å²) in [5.41, 5.74) is 0. The second-order valence-electron chi connectivity index (χ2n) is 4.60. The van der Waals surface area contributed by atoms with Gasteiger partial charge in [0.25, 0.3) is 0 Å². The molecule has 3 unspecified atom stereocenters. The molecular weight excluding hydrogens is 220 g/mol. The maximum Gasteiger partial charge on any atom is 0.153 e. The zero-order valence-corrected chi connectivity index (χ0v) is 11.2. The van der Waals surface area contributed by atoms with Gasteiger partial charge < -0.3 is 5.11 Å². The summed E-state index contributed by atoms with van der Waals surface area (Å²) in [4.78, 5) is 35.1. The maximum absolute atomic E-state index is 11.9. The fourth-order valence-corrected chi connectivity index (χ4v) is 1.61. The third-order valence-electron chi connectivity index (χ3n) is 3.28. The number of hydrogen-bond donors (Lipinski definition) is 1. The number of hydrogen-bond acceptors (Lipinski definition) is 4. The lowest BCUT2D eigenvalue weighted by Gasteiger charge is -2.19. The van der Waals surface area contributed by atoms with Crippen molar-refractivity contribution in [1.82, 2.24) is 0 Å². The predicted molar refractivity (Wildman–Crippen MR) is 64.5 cm³/mol. The van der Waals surface area contributed by atoms with Gasteiger partial charge in [0.15, 0.2) is 5.78 Å². The highest BCUT2D eigenvalue weighted by Gasteiger charge is 2.32. The molecule has 0 bridgehead atoms. The van der Waals surface area contributed by atoms with Gasteiger partial charge in [-0.3, -0.25) is 14.4 Å². The molecule has 0 aromatic heterocycles. The third-order valence-corrected chi connectivity index (χ3v) is 3.28. The second-order valence-corrected chi connectivity index (χ2v) is 4.60. The summed E-state index contributed by atoms with van der Waals surface area (Å²) in [7, 11) is 0. The minimum absolute atomic E-state index is 0.153. The van der Waals surface area contributed by atoms with E-state index in [0.717, 1.165) is 0 Å². The summed E-state index contributed by atoms with van der Waals surface area (Å²) in [6.45, 7) is 7.83. The molecule has 0 aromatic carbocycles. The van der Waals surface area contributed by atoms with Crippen LogP contribution in [0.25, 0.3) is 0 Å². The van der Waals surface area contributed by atoms with Gasteiger partial charge in [-0.1, -0.05) is 13.8 Å². The van der Waals surface area contributed by atoms with Gasteiger partial charge in [0, 0.05) is 12.3 Å². The molecule has 4 heteroatoms. The molecule has 17 heavy (non-hydrogen) atoms. The molecule has 0 aromatic rings. The topological polar surface area (TPSA) is 71.4 Å². The summed E-state index contributed by atoms with van der Waals surface area (Å²) >= 11 is 0. The van der Waals surface area contributed by atoms with Crippen molar-refractivity contribution < 1.29 is 19.5 Å². The fraction of sp³-hybridized carbons (Fsp3) is 0.769. The van der Waals surface area contributed by atoms with Crippen molar-refractivity contribution in [2.45, 2.75) is 47.1 Å². The summed E-state index contributed by atoms with van der Waals surface area (Å²) in [5.74, 6) is -2.96. The van der Waals surface area contributed by atoms with Crippen LogP contribution in [0.4, 0.5) is 0 Å². The quantitative estimate of drug-likeness (QED) is 0.685. The summed E-state index contributed by atoms with van der Waals surface area (Å²) in [6, 6.07) is 0. The Morgan fingerprint density at radius 3 is 1.76 bits per heavy atom. The highest BCUT2D eigenvalue weighted by molar-refractivity contribution is 6.11. The molecule has 0 aliphatic rings. The lowest BCUT2D eigenvalue weighted by Crippen LogP contribution is -2.36. The standard InChI is InChI=1S/C13H22O4/c1-6-11(15)8(3)13(17)9(4)12(16)7(2)10(5)14/h7-10,14H,6H2,1-5H3/t7?,8?,9?,10-/m0/s1. The normalized spacial score (nSPS) is 18.0. The Kier molecular flexibility index (Phi) is 6.24. The zero-order chi connectivity index (χ0) is 13.7. The van der Waals surface area contributed by atoms with Crippen molar-refractivity contribution in [3.05, 3.63) is 0 Å². The van der Waals surface area contributed by atoms with E-state index in [2.05, 4.69) is 0 Å². The van der Waals surface area contributed by atoms with Crippen molar-refractivity contribution >= 4 is 17.3 Å². The number of carbonyl (C=O) groups is 3. The van der Waals surface area contributed by atoms with Crippen LogP contribution in [0.15, 0.2) is 0 Å². The smallest absolute Gasteiger partial charge is 0.153 e. The summed E-state index contributed by atoms with van der Waals surface area (Å²) < 4.78 is 0. The maximum atomic E-state index is 11.9. The first-order valence-corrected chi connectivity index (χ1v) is 6.02. The molecule has 4 atom stereocenters. The Bertz CT molecular complexity index is 307. The second kappa shape index (κ2) is 6.64. The van der Waals surface area contributed by atoms with Crippen LogP contribution in [0.2, 0.25) is 0 Å². The van der Waals surface area contributed by atoms with Crippen LogP contribution in [-0.4, -0.2) is 28.6 Å². The van der Waals surface area contributed by atoms with Crippen molar-refractivity contribution in [2.75, 3.05) is 0 Å². The van der Waals surface area contributed by atoms with E-state index in [9.17, 15) is 19.5 Å². The van der Waals surface area contributed by atoms with Crippen LogP contribution in [0.1, 0.15) is 41.0 Å². The molecule has 0 rings (SSSR count). The van der Waals surface area contributed by atoms with Crippen LogP contribution in [0, 0.1) is 17.8 Å². The first-order valence-electron chi connectivity index (χ1n) is 6.02. The van der Waals surface area contributed by atoms with Crippen LogP contribution < -0.4 is 0 Å². The van der Waals surface area contributed by atoms with E-state index in [0.29, 0.717) is 6.42 Å². The van der Waals surface area contributed by atoms with E-state index in [1.165, 1.54) is 20.8 Å². The molecule has 0 heterocycles. The van der Waals surface area contributed by atoms with Gasteiger partial charge in [0.05, 0.1) is 17.9 Å². The minimum atomic E-state index is -0.829. The predicted octanol–water partition coefficient (Wildman–Crippen LogP) is 1.39. The van der Waals surface area contributed by atoms with Gasteiger partial charge in [-0.15, -0.1) is 0 Å². The fourth-order valence-electron chi connectivity index (χ4n) is 1.61. The van der Waals surface area contributed by atoms with Gasteiger partial charge >= 0.3 is 0 Å². The average Bonchev–Trinajstić information content (AvgIpc) is 2.32. The number of Topliss-reactive ketones (excluding diaryl/α,β-unsaturated/α-hetero) is 3. The van der Waals surface area contributed by atoms with Gasteiger partial charge in [-0.25, -0.2) is 0 Å². The van der Waals surface area contributed by atoms with Crippen molar-refractivity contribution in [3.63, 3.8) is 0 Å². The number of aliphatic hydroxyl groups excluding tert-OH is 1. The highest BCUT2D eigenvalue weighted by atomic mass is 16.3. The SMILES string of the molecule is CCC(=O)C(C)C(=O)C(C)C(=O)C(C)[C@H](C)O. The van der Waals surface area contributed by atoms with Crippen LogP contribution >= 0.6 is 0 Å². The van der Waals surface area contributed by atoms with Gasteiger partial charge in [0.2, 0.25) is 0 Å². The Labute approximate surface area is 102 Å². The summed E-state index contributed by atoms with van der Waals surface area (Å²) in [5, 5.41) is 9.32. The van der Waals surface area contributed by atoms with E-state index in [-0.39, 0.29) is 17.3 Å². The van der Waals surface area contributed by atoms with Gasteiger partial charge in [-0.05, 0) is 20.8 Å². The van der Waals surface area contributed by atoms with E-state index >= 15 is 0 Å². The molecule has 0 saturated heterocycles. The van der Waals surface area contributed by atoms with Crippen LogP contribution in [-0.2, 0) is 14.4 Å². The highest BCUT2D eigenvalue weighted by Crippen LogP contribution is 2.16. The van der Waals surface area contributed by atoms with E-state index in [1.807, 2.05) is 0 Å². The molecule has 0 saturated carbocycles. The number of ketones is 3. The van der Waals surface area contributed by atoms with Gasteiger partial charge in [-0.2, -0.15) is 0 Å². The molecule has 0 amide bonds. The van der Waals surface area contributed by atoms with Gasteiger partial charge in [0.1, 0.15) is 11.6 Å². The van der Waals surface area contributed by atoms with Crippen LogP contribution in [0.3, 0.4) is 0 Å². The first kappa shape index (κ1) is 16.0. The molecule has 1 N–H and O–H groups in total. The lowest BCUT2D eigenvalue weighted by atomic mass is 9.83. The van der Waals surface area contributed by atoms with E-state index in [1.54, 1.807) is 13.8 Å². The molecule has 4 nitrogen and oxygen atoms in total. The average molecular weight is 242 g/mol. The first-order chi connectivity index (χ1) is 7.73. The number of aliphatic hydroxyl groups is 1. The van der Waals surface area contributed by atoms with E-state index in [4.69, 9.17) is 0 Å². The largest absolute Gasteiger partial charge is 0.393 e. The molecule has 0 spiro atoms. The molecule has 0 radical (unpaired) electrons. The Morgan fingerprint density at radius 1 is 0.941 bits per heavy atom. The third kappa shape index (κ3) is 4.04. The monoisotopic (exact) mass is 242 g/mol. The molecule has 0 fully saturated rings. The number of carbonyl (C=O) groups excluding carboxylic acids is 3. The lowest BCUT2D eigenvalue weighted by molar-refractivity contribution is -0.140. The molecule has 0 aliphatic carbocycles. The van der Waals surface area contributed by atoms with Crippen molar-refractivity contribution in [3.8, 4) is 0 Å². The summed E-state index contributed by atoms with van der Waals surface area (Å²) in [6.07, 6.45) is -0.491. The minimum Gasteiger partial charge on any atom is -0.393 e. The van der Waals surface area contributed by atoms with E-state index < -0.39 is 23.9 Å². The van der Waals surface area contributed by atoms with Crippen LogP contribution in [0.5, 0.6) is 0 Å². The van der Waals surface area contributed by atoms with Crippen molar-refractivity contribution in [1.29, 1.82) is 0 Å².